The molecule has 0 aromatic heterocycles. The van der Waals surface area contributed by atoms with Gasteiger partial charge in [0.1, 0.15) is 0 Å². The SMILES string of the molecule is CCCCC1NC(C)N(CC2CC2(C)C)C1=O. The Morgan fingerprint density at radius 2 is 2.12 bits per heavy atom. The fourth-order valence-electron chi connectivity index (χ4n) is 2.83. The molecule has 0 bridgehead atoms. The molecule has 1 N–H and O–H groups in total. The smallest absolute Gasteiger partial charge is 0.241 e. The third-order valence-corrected chi connectivity index (χ3v) is 4.47. The van der Waals surface area contributed by atoms with Crippen molar-refractivity contribution < 1.29 is 4.79 Å². The quantitative estimate of drug-likeness (QED) is 0.797. The molecule has 3 nitrogen and oxygen atoms in total. The van der Waals surface area contributed by atoms with E-state index >= 15 is 0 Å². The summed E-state index contributed by atoms with van der Waals surface area (Å²) in [6, 6.07) is 0.0758. The van der Waals surface area contributed by atoms with E-state index in [9.17, 15) is 4.79 Å². The van der Waals surface area contributed by atoms with E-state index in [0.29, 0.717) is 17.2 Å². The lowest BCUT2D eigenvalue weighted by Crippen LogP contribution is -2.36. The van der Waals surface area contributed by atoms with Crippen LogP contribution in [-0.2, 0) is 4.79 Å². The number of amides is 1. The second kappa shape index (κ2) is 4.60. The summed E-state index contributed by atoms with van der Waals surface area (Å²) < 4.78 is 0. The Bertz CT molecular complexity index is 301. The minimum Gasteiger partial charge on any atom is -0.326 e. The summed E-state index contributed by atoms with van der Waals surface area (Å²) in [5.41, 5.74) is 0.460. The predicted molar refractivity (Wildman–Crippen MR) is 69.5 cm³/mol. The summed E-state index contributed by atoms with van der Waals surface area (Å²) in [4.78, 5) is 14.3. The van der Waals surface area contributed by atoms with Gasteiger partial charge in [0.2, 0.25) is 5.91 Å². The first-order valence-corrected chi connectivity index (χ1v) is 7.02. The van der Waals surface area contributed by atoms with Gasteiger partial charge in [0.15, 0.2) is 0 Å². The molecule has 1 amide bonds. The van der Waals surface area contributed by atoms with Crippen molar-refractivity contribution in [1.82, 2.24) is 10.2 Å². The number of carbonyl (C=O) groups is 1. The van der Waals surface area contributed by atoms with Crippen molar-refractivity contribution in [3.05, 3.63) is 0 Å². The molecule has 98 valence electrons. The van der Waals surface area contributed by atoms with Gasteiger partial charge in [0.05, 0.1) is 12.2 Å². The Hall–Kier alpha value is -0.570. The molecule has 2 aliphatic rings. The third kappa shape index (κ3) is 2.65. The van der Waals surface area contributed by atoms with Crippen LogP contribution in [0, 0.1) is 11.3 Å². The lowest BCUT2D eigenvalue weighted by atomic mass is 10.1. The van der Waals surface area contributed by atoms with Crippen LogP contribution in [-0.4, -0.2) is 29.6 Å². The number of carbonyl (C=O) groups excluding carboxylic acids is 1. The zero-order valence-electron chi connectivity index (χ0n) is 11.6. The van der Waals surface area contributed by atoms with Crippen molar-refractivity contribution in [1.29, 1.82) is 0 Å². The summed E-state index contributed by atoms with van der Waals surface area (Å²) in [6.07, 6.45) is 4.78. The Labute approximate surface area is 105 Å². The van der Waals surface area contributed by atoms with Gasteiger partial charge in [-0.15, -0.1) is 0 Å². The van der Waals surface area contributed by atoms with Gasteiger partial charge < -0.3 is 4.90 Å². The summed E-state index contributed by atoms with van der Waals surface area (Å²) in [7, 11) is 0. The van der Waals surface area contributed by atoms with Gasteiger partial charge in [-0.05, 0) is 31.1 Å². The van der Waals surface area contributed by atoms with E-state index in [1.54, 1.807) is 0 Å². The monoisotopic (exact) mass is 238 g/mol. The lowest BCUT2D eigenvalue weighted by molar-refractivity contribution is -0.130. The Kier molecular flexibility index (Phi) is 3.48. The van der Waals surface area contributed by atoms with E-state index in [4.69, 9.17) is 0 Å². The number of hydrogen-bond donors (Lipinski definition) is 1. The minimum absolute atomic E-state index is 0.0758. The van der Waals surface area contributed by atoms with Gasteiger partial charge in [-0.3, -0.25) is 10.1 Å². The second-order valence-corrected chi connectivity index (χ2v) is 6.42. The van der Waals surface area contributed by atoms with Gasteiger partial charge in [-0.2, -0.15) is 0 Å². The van der Waals surface area contributed by atoms with Crippen molar-refractivity contribution in [2.45, 2.75) is 65.6 Å². The number of unbranched alkanes of at least 4 members (excludes halogenated alkanes) is 1. The molecule has 3 heteroatoms. The molecular weight excluding hydrogens is 212 g/mol. The van der Waals surface area contributed by atoms with Gasteiger partial charge in [-0.25, -0.2) is 0 Å². The normalized spacial score (nSPS) is 35.4. The highest BCUT2D eigenvalue weighted by Crippen LogP contribution is 2.52. The highest BCUT2D eigenvalue weighted by Gasteiger charge is 2.48. The molecular formula is C14H26N2O. The molecule has 1 saturated heterocycles. The first-order valence-electron chi connectivity index (χ1n) is 7.02. The first-order chi connectivity index (χ1) is 7.95. The molecule has 0 radical (unpaired) electrons. The van der Waals surface area contributed by atoms with E-state index in [1.807, 2.05) is 0 Å². The van der Waals surface area contributed by atoms with Crippen LogP contribution in [0.4, 0.5) is 0 Å². The van der Waals surface area contributed by atoms with Crippen molar-refractivity contribution in [3.8, 4) is 0 Å². The van der Waals surface area contributed by atoms with E-state index in [0.717, 1.165) is 25.8 Å². The fraction of sp³-hybridized carbons (Fsp3) is 0.929. The zero-order valence-corrected chi connectivity index (χ0v) is 11.6. The third-order valence-electron chi connectivity index (χ3n) is 4.47. The first kappa shape index (κ1) is 12.9. The Morgan fingerprint density at radius 1 is 1.47 bits per heavy atom. The maximum Gasteiger partial charge on any atom is 0.241 e. The van der Waals surface area contributed by atoms with Crippen LogP contribution in [0.5, 0.6) is 0 Å². The van der Waals surface area contributed by atoms with Crippen LogP contribution in [0.15, 0.2) is 0 Å². The molecule has 17 heavy (non-hydrogen) atoms. The molecule has 0 aromatic rings. The average molecular weight is 238 g/mol. The van der Waals surface area contributed by atoms with Gasteiger partial charge >= 0.3 is 0 Å². The summed E-state index contributed by atoms with van der Waals surface area (Å²) in [5.74, 6) is 1.04. The molecule has 3 atom stereocenters. The summed E-state index contributed by atoms with van der Waals surface area (Å²) in [6.45, 7) is 9.82. The number of rotatable bonds is 5. The van der Waals surface area contributed by atoms with Crippen LogP contribution in [0.2, 0.25) is 0 Å². The highest BCUT2D eigenvalue weighted by atomic mass is 16.2. The molecule has 3 unspecified atom stereocenters. The fourth-order valence-corrected chi connectivity index (χ4v) is 2.83. The maximum atomic E-state index is 12.3. The van der Waals surface area contributed by atoms with E-state index in [1.165, 1.54) is 6.42 Å². The van der Waals surface area contributed by atoms with Gasteiger partial charge in [0, 0.05) is 6.54 Å². The van der Waals surface area contributed by atoms with Crippen molar-refractivity contribution in [2.24, 2.45) is 11.3 Å². The Morgan fingerprint density at radius 3 is 2.65 bits per heavy atom. The molecule has 0 spiro atoms. The van der Waals surface area contributed by atoms with E-state index in [-0.39, 0.29) is 12.2 Å². The summed E-state index contributed by atoms with van der Waals surface area (Å²) in [5, 5.41) is 3.43. The van der Waals surface area contributed by atoms with Crippen molar-refractivity contribution in [2.75, 3.05) is 6.54 Å². The topological polar surface area (TPSA) is 32.3 Å². The molecule has 1 saturated carbocycles. The van der Waals surface area contributed by atoms with Crippen LogP contribution in [0.25, 0.3) is 0 Å². The molecule has 1 aliphatic heterocycles. The highest BCUT2D eigenvalue weighted by molar-refractivity contribution is 5.84. The number of nitrogens with one attached hydrogen (secondary N) is 1. The van der Waals surface area contributed by atoms with Crippen molar-refractivity contribution >= 4 is 5.91 Å². The molecule has 1 aliphatic carbocycles. The van der Waals surface area contributed by atoms with E-state index < -0.39 is 0 Å². The molecule has 1 heterocycles. The van der Waals surface area contributed by atoms with Crippen LogP contribution in [0.1, 0.15) is 53.4 Å². The van der Waals surface area contributed by atoms with Gasteiger partial charge in [0.25, 0.3) is 0 Å². The minimum atomic E-state index is 0.0758. The van der Waals surface area contributed by atoms with Crippen LogP contribution >= 0.6 is 0 Å². The van der Waals surface area contributed by atoms with E-state index in [2.05, 4.69) is 37.9 Å². The molecule has 2 fully saturated rings. The van der Waals surface area contributed by atoms with Crippen LogP contribution in [0.3, 0.4) is 0 Å². The zero-order chi connectivity index (χ0) is 12.6. The standard InChI is InChI=1S/C14H26N2O/c1-5-6-7-12-13(17)16(10(2)15-12)9-11-8-14(11,3)4/h10-12,15H,5-9H2,1-4H3. The van der Waals surface area contributed by atoms with Crippen LogP contribution < -0.4 is 5.32 Å². The summed E-state index contributed by atoms with van der Waals surface area (Å²) >= 11 is 0. The molecule has 0 aromatic carbocycles. The number of nitrogens with zero attached hydrogens (tertiary/aromatic N) is 1. The predicted octanol–water partition coefficient (Wildman–Crippen LogP) is 2.37. The Balaban J connectivity index is 1.88. The lowest BCUT2D eigenvalue weighted by Gasteiger charge is -2.21. The average Bonchev–Trinajstić information content (AvgIpc) is 2.77. The second-order valence-electron chi connectivity index (χ2n) is 6.42. The number of hydrogen-bond acceptors (Lipinski definition) is 2. The van der Waals surface area contributed by atoms with Gasteiger partial charge in [-0.1, -0.05) is 33.6 Å². The maximum absolute atomic E-state index is 12.3. The van der Waals surface area contributed by atoms with Crippen molar-refractivity contribution in [3.63, 3.8) is 0 Å². The molecule has 2 rings (SSSR count). The largest absolute Gasteiger partial charge is 0.326 e.